The fraction of sp³-hybridized carbons (Fsp3) is 0.333. The van der Waals surface area contributed by atoms with Crippen LogP contribution in [-0.4, -0.2) is 0 Å². The Morgan fingerprint density at radius 3 is 1.86 bits per heavy atom. The third-order valence-corrected chi connectivity index (χ3v) is 4.61. The average Bonchev–Trinajstić information content (AvgIpc) is 2.48. The molecule has 0 saturated carbocycles. The molecule has 0 atom stereocenters. The Morgan fingerprint density at radius 1 is 0.714 bits per heavy atom. The topological polar surface area (TPSA) is 0 Å². The molecule has 2 aromatic carbocycles. The number of benzene rings is 2. The van der Waals surface area contributed by atoms with Crippen LogP contribution < -0.4 is 0 Å². The highest BCUT2D eigenvalue weighted by Gasteiger charge is 2.15. The number of hydrogen-bond donors (Lipinski definition) is 0. The molecule has 0 amide bonds. The maximum atomic E-state index is 2.29. The molecule has 0 N–H and O–H groups in total. The highest BCUT2D eigenvalue weighted by molar-refractivity contribution is 5.75. The van der Waals surface area contributed by atoms with Crippen molar-refractivity contribution in [1.29, 1.82) is 0 Å². The van der Waals surface area contributed by atoms with E-state index in [4.69, 9.17) is 0 Å². The van der Waals surface area contributed by atoms with Crippen molar-refractivity contribution < 1.29 is 0 Å². The van der Waals surface area contributed by atoms with Gasteiger partial charge in [0.2, 0.25) is 0 Å². The van der Waals surface area contributed by atoms with E-state index in [1.807, 2.05) is 0 Å². The predicted molar refractivity (Wildman–Crippen MR) is 94.8 cm³/mol. The summed E-state index contributed by atoms with van der Waals surface area (Å²) in [6, 6.07) is 10.5. The van der Waals surface area contributed by atoms with Gasteiger partial charge in [0, 0.05) is 0 Å². The largest absolute Gasteiger partial charge is 0.0622 e. The van der Waals surface area contributed by atoms with Crippen LogP contribution in [-0.2, 0) is 0 Å². The zero-order valence-electron chi connectivity index (χ0n) is 14.1. The molecule has 0 heterocycles. The van der Waals surface area contributed by atoms with Crippen molar-refractivity contribution in [2.75, 3.05) is 0 Å². The Bertz CT molecular complexity index is 658. The van der Waals surface area contributed by atoms with E-state index in [1.54, 1.807) is 0 Å². The van der Waals surface area contributed by atoms with Gasteiger partial charge in [0.25, 0.3) is 0 Å². The molecule has 0 bridgehead atoms. The summed E-state index contributed by atoms with van der Waals surface area (Å²) in [5.74, 6) is 0.540. The maximum Gasteiger partial charge on any atom is -0.0187 e. The lowest BCUT2D eigenvalue weighted by atomic mass is 9.84. The lowest BCUT2D eigenvalue weighted by Gasteiger charge is -2.21. The van der Waals surface area contributed by atoms with Crippen LogP contribution in [0.1, 0.15) is 58.7 Å². The minimum atomic E-state index is 0.540. The summed E-state index contributed by atoms with van der Waals surface area (Å²) in [4.78, 5) is 0. The fourth-order valence-corrected chi connectivity index (χ4v) is 3.07. The van der Waals surface area contributed by atoms with Crippen LogP contribution in [0, 0.1) is 27.7 Å². The summed E-state index contributed by atoms with van der Waals surface area (Å²) in [7, 11) is 0. The van der Waals surface area contributed by atoms with Crippen LogP contribution in [0.3, 0.4) is 0 Å². The zero-order chi connectivity index (χ0) is 15.6. The van der Waals surface area contributed by atoms with Crippen LogP contribution in [0.5, 0.6) is 0 Å². The van der Waals surface area contributed by atoms with E-state index in [1.165, 1.54) is 38.9 Å². The Kier molecular flexibility index (Phi) is 4.67. The lowest BCUT2D eigenvalue weighted by Crippen LogP contribution is -2.04. The minimum Gasteiger partial charge on any atom is -0.0622 e. The van der Waals surface area contributed by atoms with Gasteiger partial charge < -0.3 is 0 Å². The zero-order valence-corrected chi connectivity index (χ0v) is 14.1. The summed E-state index contributed by atoms with van der Waals surface area (Å²) in [6.45, 7) is 13.6. The van der Waals surface area contributed by atoms with Gasteiger partial charge in [-0.15, -0.1) is 0 Å². The highest BCUT2D eigenvalue weighted by atomic mass is 14.2. The molecule has 0 radical (unpaired) electrons. The molecule has 0 spiro atoms. The van der Waals surface area contributed by atoms with Gasteiger partial charge in [0.1, 0.15) is 0 Å². The van der Waals surface area contributed by atoms with Gasteiger partial charge in [-0.3, -0.25) is 0 Å². The quantitative estimate of drug-likeness (QED) is 0.585. The Morgan fingerprint density at radius 2 is 1.29 bits per heavy atom. The first-order valence-electron chi connectivity index (χ1n) is 7.76. The Hall–Kier alpha value is -1.82. The van der Waals surface area contributed by atoms with Crippen molar-refractivity contribution >= 4 is 12.2 Å². The van der Waals surface area contributed by atoms with E-state index in [2.05, 4.69) is 84.0 Å². The summed E-state index contributed by atoms with van der Waals surface area (Å²) in [5, 5.41) is 0. The molecule has 110 valence electrons. The van der Waals surface area contributed by atoms with Crippen LogP contribution in [0.15, 0.2) is 30.3 Å². The van der Waals surface area contributed by atoms with E-state index in [0.717, 1.165) is 0 Å². The van der Waals surface area contributed by atoms with Crippen LogP contribution in [0.4, 0.5) is 0 Å². The molecule has 0 nitrogen and oxygen atoms in total. The first kappa shape index (κ1) is 15.6. The number of hydrogen-bond acceptors (Lipinski definition) is 0. The Balaban J connectivity index is 2.60. The van der Waals surface area contributed by atoms with Crippen molar-refractivity contribution in [1.82, 2.24) is 0 Å². The SMILES string of the molecule is Cc1c(C)c(C)c(C(C)C)c(/C=C/c2ccccc2)c1C. The van der Waals surface area contributed by atoms with E-state index in [-0.39, 0.29) is 0 Å². The highest BCUT2D eigenvalue weighted by Crippen LogP contribution is 2.33. The molecule has 2 aromatic rings. The molecule has 0 aliphatic rings. The normalized spacial score (nSPS) is 11.6. The van der Waals surface area contributed by atoms with Gasteiger partial charge in [-0.1, -0.05) is 56.3 Å². The minimum absolute atomic E-state index is 0.540. The summed E-state index contributed by atoms with van der Waals surface area (Å²) >= 11 is 0. The predicted octanol–water partition coefficient (Wildman–Crippen LogP) is 6.21. The second-order valence-corrected chi connectivity index (χ2v) is 6.23. The van der Waals surface area contributed by atoms with Crippen LogP contribution >= 0.6 is 0 Å². The third-order valence-electron chi connectivity index (χ3n) is 4.61. The molecule has 21 heavy (non-hydrogen) atoms. The average molecular weight is 278 g/mol. The fourth-order valence-electron chi connectivity index (χ4n) is 3.07. The molecular formula is C21H26. The Labute approximate surface area is 129 Å². The van der Waals surface area contributed by atoms with Gasteiger partial charge in [0.15, 0.2) is 0 Å². The smallest absolute Gasteiger partial charge is 0.0187 e. The molecule has 0 saturated heterocycles. The van der Waals surface area contributed by atoms with E-state index in [9.17, 15) is 0 Å². The van der Waals surface area contributed by atoms with Crippen molar-refractivity contribution in [2.24, 2.45) is 0 Å². The molecule has 0 aliphatic carbocycles. The van der Waals surface area contributed by atoms with Gasteiger partial charge in [-0.25, -0.2) is 0 Å². The lowest BCUT2D eigenvalue weighted by molar-refractivity contribution is 0.846. The molecule has 0 heteroatoms. The van der Waals surface area contributed by atoms with Gasteiger partial charge in [-0.2, -0.15) is 0 Å². The summed E-state index contributed by atoms with van der Waals surface area (Å²) in [5.41, 5.74) is 9.85. The molecule has 0 unspecified atom stereocenters. The molecule has 2 rings (SSSR count). The first-order valence-corrected chi connectivity index (χ1v) is 7.76. The monoisotopic (exact) mass is 278 g/mol. The van der Waals surface area contributed by atoms with Crippen LogP contribution in [0.25, 0.3) is 12.2 Å². The summed E-state index contributed by atoms with van der Waals surface area (Å²) in [6.07, 6.45) is 4.52. The third kappa shape index (κ3) is 3.10. The molecule has 0 aliphatic heterocycles. The van der Waals surface area contributed by atoms with Crippen molar-refractivity contribution in [3.05, 3.63) is 69.3 Å². The first-order chi connectivity index (χ1) is 9.93. The molecule has 0 fully saturated rings. The van der Waals surface area contributed by atoms with Crippen molar-refractivity contribution in [3.63, 3.8) is 0 Å². The van der Waals surface area contributed by atoms with E-state index < -0.39 is 0 Å². The maximum absolute atomic E-state index is 2.29. The van der Waals surface area contributed by atoms with E-state index >= 15 is 0 Å². The molecule has 0 aromatic heterocycles. The van der Waals surface area contributed by atoms with Gasteiger partial charge in [-0.05, 0) is 72.6 Å². The second-order valence-electron chi connectivity index (χ2n) is 6.23. The van der Waals surface area contributed by atoms with Gasteiger partial charge in [0.05, 0.1) is 0 Å². The summed E-state index contributed by atoms with van der Waals surface area (Å²) < 4.78 is 0. The van der Waals surface area contributed by atoms with Crippen molar-refractivity contribution in [2.45, 2.75) is 47.5 Å². The van der Waals surface area contributed by atoms with Crippen molar-refractivity contribution in [3.8, 4) is 0 Å². The van der Waals surface area contributed by atoms with Gasteiger partial charge >= 0.3 is 0 Å². The molecular weight excluding hydrogens is 252 g/mol. The van der Waals surface area contributed by atoms with E-state index in [0.29, 0.717) is 5.92 Å². The number of rotatable bonds is 3. The standard InChI is InChI=1S/C21H26/c1-14(2)21-18(6)16(4)15(3)17(5)20(21)13-12-19-10-8-7-9-11-19/h7-14H,1-6H3/b13-12+. The second kappa shape index (κ2) is 6.30. The van der Waals surface area contributed by atoms with Crippen LogP contribution in [0.2, 0.25) is 0 Å².